The van der Waals surface area contributed by atoms with E-state index in [0.29, 0.717) is 6.54 Å². The summed E-state index contributed by atoms with van der Waals surface area (Å²) in [5.41, 5.74) is 1.04. The van der Waals surface area contributed by atoms with Crippen molar-refractivity contribution < 1.29 is 23.5 Å². The number of amides is 2. The molecule has 1 saturated carbocycles. The second-order valence-corrected chi connectivity index (χ2v) is 8.58. The number of thiophene rings is 1. The van der Waals surface area contributed by atoms with Gasteiger partial charge in [0.05, 0.1) is 6.04 Å². The lowest BCUT2D eigenvalue weighted by Gasteiger charge is -2.37. The molecular formula is C22H25FN2O4S. The van der Waals surface area contributed by atoms with Crippen LogP contribution in [0.3, 0.4) is 0 Å². The summed E-state index contributed by atoms with van der Waals surface area (Å²) >= 11 is 1.66. The van der Waals surface area contributed by atoms with Crippen molar-refractivity contribution in [1.82, 2.24) is 9.80 Å². The number of fused-ring (bicyclic) bond motifs is 1. The molecule has 1 atom stereocenters. The average Bonchev–Trinajstić information content (AvgIpc) is 3.47. The first-order valence-corrected chi connectivity index (χ1v) is 11.0. The van der Waals surface area contributed by atoms with Crippen molar-refractivity contribution in [3.63, 3.8) is 0 Å². The summed E-state index contributed by atoms with van der Waals surface area (Å²) in [5, 5.41) is 2.01. The minimum atomic E-state index is -0.429. The fourth-order valence-corrected chi connectivity index (χ4v) is 4.78. The first-order valence-electron chi connectivity index (χ1n) is 10.1. The van der Waals surface area contributed by atoms with E-state index in [0.717, 1.165) is 24.8 Å². The zero-order chi connectivity index (χ0) is 21.1. The molecule has 6 nitrogen and oxygen atoms in total. The smallest absolute Gasteiger partial charge is 0.249 e. The van der Waals surface area contributed by atoms with Crippen molar-refractivity contribution in [3.05, 3.63) is 52.0 Å². The lowest BCUT2D eigenvalue weighted by molar-refractivity contribution is -0.145. The van der Waals surface area contributed by atoms with Crippen LogP contribution in [0.4, 0.5) is 4.39 Å². The first kappa shape index (κ1) is 20.8. The lowest BCUT2D eigenvalue weighted by atomic mass is 10.0. The molecule has 160 valence electrons. The molecule has 1 aromatic heterocycles. The highest BCUT2D eigenvalue weighted by Crippen LogP contribution is 2.35. The maximum Gasteiger partial charge on any atom is 0.249 e. The highest BCUT2D eigenvalue weighted by molar-refractivity contribution is 7.10. The molecule has 8 heteroatoms. The minimum Gasteiger partial charge on any atom is -0.488 e. The third-order valence-electron chi connectivity index (χ3n) is 5.53. The van der Waals surface area contributed by atoms with Crippen LogP contribution in [-0.4, -0.2) is 61.1 Å². The molecular weight excluding hydrogens is 407 g/mol. The molecule has 1 aromatic carbocycles. The van der Waals surface area contributed by atoms with Gasteiger partial charge in [0.15, 0.2) is 11.6 Å². The van der Waals surface area contributed by atoms with E-state index in [-0.39, 0.29) is 49.4 Å². The van der Waals surface area contributed by atoms with Crippen molar-refractivity contribution in [2.75, 3.05) is 33.4 Å². The van der Waals surface area contributed by atoms with Gasteiger partial charge in [-0.3, -0.25) is 9.59 Å². The largest absolute Gasteiger partial charge is 0.488 e. The van der Waals surface area contributed by atoms with Crippen molar-refractivity contribution in [2.45, 2.75) is 31.3 Å². The SMILES string of the molecule is COCC(=O)N(CC(=O)N1CCc2sccc2[C@@H]1COc1ccccc1F)C1CC1. The molecule has 2 heterocycles. The Bertz CT molecular complexity index is 914. The van der Waals surface area contributed by atoms with Crippen molar-refractivity contribution in [2.24, 2.45) is 0 Å². The minimum absolute atomic E-state index is 0.0295. The first-order chi connectivity index (χ1) is 14.6. The summed E-state index contributed by atoms with van der Waals surface area (Å²) < 4.78 is 24.7. The van der Waals surface area contributed by atoms with E-state index in [4.69, 9.17) is 9.47 Å². The molecule has 0 saturated heterocycles. The van der Waals surface area contributed by atoms with Crippen LogP contribution in [0.2, 0.25) is 0 Å². The van der Waals surface area contributed by atoms with Crippen LogP contribution >= 0.6 is 11.3 Å². The van der Waals surface area contributed by atoms with Gasteiger partial charge in [0.2, 0.25) is 11.8 Å². The lowest BCUT2D eigenvalue weighted by Crippen LogP contribution is -2.49. The number of hydrogen-bond acceptors (Lipinski definition) is 5. The van der Waals surface area contributed by atoms with Gasteiger partial charge in [-0.05, 0) is 48.4 Å². The topological polar surface area (TPSA) is 59.1 Å². The molecule has 30 heavy (non-hydrogen) atoms. The molecule has 1 aliphatic heterocycles. The molecule has 0 N–H and O–H groups in total. The third-order valence-corrected chi connectivity index (χ3v) is 6.53. The van der Waals surface area contributed by atoms with Crippen LogP contribution in [0.25, 0.3) is 0 Å². The molecule has 4 rings (SSSR count). The number of carbonyl (C=O) groups is 2. The summed E-state index contributed by atoms with van der Waals surface area (Å²) in [7, 11) is 1.48. The van der Waals surface area contributed by atoms with E-state index >= 15 is 0 Å². The van der Waals surface area contributed by atoms with Crippen molar-refractivity contribution in [3.8, 4) is 5.75 Å². The summed E-state index contributed by atoms with van der Waals surface area (Å²) in [4.78, 5) is 30.2. The van der Waals surface area contributed by atoms with E-state index in [2.05, 4.69) is 0 Å². The van der Waals surface area contributed by atoms with E-state index in [9.17, 15) is 14.0 Å². The number of hydrogen-bond donors (Lipinski definition) is 0. The van der Waals surface area contributed by atoms with Gasteiger partial charge in [-0.1, -0.05) is 12.1 Å². The molecule has 1 fully saturated rings. The van der Waals surface area contributed by atoms with Crippen LogP contribution in [0, 0.1) is 5.82 Å². The Morgan fingerprint density at radius 3 is 2.80 bits per heavy atom. The molecule has 1 aliphatic carbocycles. The van der Waals surface area contributed by atoms with Crippen LogP contribution in [0.1, 0.15) is 29.3 Å². The van der Waals surface area contributed by atoms with Crippen LogP contribution in [0.5, 0.6) is 5.75 Å². The van der Waals surface area contributed by atoms with Gasteiger partial charge in [-0.25, -0.2) is 4.39 Å². The van der Waals surface area contributed by atoms with Crippen molar-refractivity contribution in [1.29, 1.82) is 0 Å². The van der Waals surface area contributed by atoms with Crippen molar-refractivity contribution >= 4 is 23.2 Å². The summed E-state index contributed by atoms with van der Waals surface area (Å²) in [6.07, 6.45) is 2.60. The fourth-order valence-electron chi connectivity index (χ4n) is 3.86. The van der Waals surface area contributed by atoms with E-state index in [1.54, 1.807) is 39.3 Å². The number of carbonyl (C=O) groups excluding carboxylic acids is 2. The maximum atomic E-state index is 14.0. The Kier molecular flexibility index (Phi) is 6.34. The Hall–Kier alpha value is -2.45. The molecule has 2 amide bonds. The number of ether oxygens (including phenoxy) is 2. The van der Waals surface area contributed by atoms with E-state index in [1.807, 2.05) is 11.4 Å². The Labute approximate surface area is 179 Å². The zero-order valence-corrected chi connectivity index (χ0v) is 17.7. The number of methoxy groups -OCH3 is 1. The quantitative estimate of drug-likeness (QED) is 0.644. The number of rotatable bonds is 8. The Morgan fingerprint density at radius 2 is 2.07 bits per heavy atom. The molecule has 0 spiro atoms. The molecule has 2 aliphatic rings. The van der Waals surface area contributed by atoms with Gasteiger partial charge < -0.3 is 19.3 Å². The van der Waals surface area contributed by atoms with Gasteiger partial charge in [-0.15, -0.1) is 11.3 Å². The molecule has 0 unspecified atom stereocenters. The van der Waals surface area contributed by atoms with Gasteiger partial charge in [-0.2, -0.15) is 0 Å². The van der Waals surface area contributed by atoms with Gasteiger partial charge in [0, 0.05) is 24.6 Å². The van der Waals surface area contributed by atoms with E-state index in [1.165, 1.54) is 18.1 Å². The standard InChI is InChI=1S/C22H25FN2O4S/c1-28-14-22(27)25(15-6-7-15)12-21(26)24-10-8-20-16(9-11-30-20)18(24)13-29-19-5-3-2-4-17(19)23/h2-5,9,11,15,18H,6-8,10,12-14H2,1H3/t18-/m0/s1. The zero-order valence-electron chi connectivity index (χ0n) is 16.9. The van der Waals surface area contributed by atoms with Crippen LogP contribution < -0.4 is 4.74 Å². The molecule has 0 radical (unpaired) electrons. The third kappa shape index (κ3) is 4.49. The summed E-state index contributed by atoms with van der Waals surface area (Å²) in [5.74, 6) is -0.546. The number of benzene rings is 1. The summed E-state index contributed by atoms with van der Waals surface area (Å²) in [6, 6.07) is 8.06. The van der Waals surface area contributed by atoms with Gasteiger partial charge in [0.1, 0.15) is 19.8 Å². The van der Waals surface area contributed by atoms with E-state index < -0.39 is 5.82 Å². The Balaban J connectivity index is 1.50. The summed E-state index contributed by atoms with van der Waals surface area (Å²) in [6.45, 7) is 0.710. The Morgan fingerprint density at radius 1 is 1.27 bits per heavy atom. The van der Waals surface area contributed by atoms with Gasteiger partial charge in [0.25, 0.3) is 0 Å². The van der Waals surface area contributed by atoms with Crippen LogP contribution in [-0.2, 0) is 20.7 Å². The normalized spacial score (nSPS) is 18.1. The number of halogens is 1. The second kappa shape index (κ2) is 9.14. The van der Waals surface area contributed by atoms with Crippen LogP contribution in [0.15, 0.2) is 35.7 Å². The highest BCUT2D eigenvalue weighted by atomic mass is 32.1. The second-order valence-electron chi connectivity index (χ2n) is 7.58. The van der Waals surface area contributed by atoms with Gasteiger partial charge >= 0.3 is 0 Å². The number of nitrogens with zero attached hydrogens (tertiary/aromatic N) is 2. The molecule has 0 bridgehead atoms. The predicted octanol–water partition coefficient (Wildman–Crippen LogP) is 3.03. The monoisotopic (exact) mass is 432 g/mol. The maximum absolute atomic E-state index is 14.0. The number of para-hydroxylation sites is 1. The average molecular weight is 433 g/mol. The highest BCUT2D eigenvalue weighted by Gasteiger charge is 2.37. The predicted molar refractivity (Wildman–Crippen MR) is 111 cm³/mol. The fraction of sp³-hybridized carbons (Fsp3) is 0.455. The molecule has 2 aromatic rings.